The van der Waals surface area contributed by atoms with Crippen LogP contribution in [0.4, 0.5) is 0 Å². The summed E-state index contributed by atoms with van der Waals surface area (Å²) in [5.41, 5.74) is 0. The highest BCUT2D eigenvalue weighted by atomic mass is 35.5. The van der Waals surface area contributed by atoms with Gasteiger partial charge in [0.25, 0.3) is 0 Å². The van der Waals surface area contributed by atoms with Crippen LogP contribution in [0.1, 0.15) is 26.7 Å². The molecule has 0 saturated heterocycles. The molecule has 1 aromatic carbocycles. The molecule has 0 spiro atoms. The number of nitrogens with one attached hydrogen (secondary N) is 1. The van der Waals surface area contributed by atoms with Crippen molar-refractivity contribution in [2.45, 2.75) is 42.9 Å². The van der Waals surface area contributed by atoms with E-state index in [1.807, 2.05) is 18.2 Å². The van der Waals surface area contributed by atoms with Crippen molar-refractivity contribution in [1.29, 1.82) is 0 Å². The molecular weight excluding hydrogens is 298 g/mol. The fraction of sp³-hybridized carbons (Fsp3) is 0.429. The Morgan fingerprint density at radius 3 is 2.60 bits per heavy atom. The monoisotopic (exact) mass is 315 g/mol. The lowest BCUT2D eigenvalue weighted by molar-refractivity contribution is -0.137. The van der Waals surface area contributed by atoms with Gasteiger partial charge in [0.05, 0.1) is 10.3 Å². The SMILES string of the molecule is CC(CCC(=O)O)NC(=O)C(C)Sc1ccccc1Cl. The first-order valence-electron chi connectivity index (χ1n) is 6.33. The van der Waals surface area contributed by atoms with E-state index < -0.39 is 5.97 Å². The Labute approximate surface area is 127 Å². The summed E-state index contributed by atoms with van der Waals surface area (Å²) in [6.07, 6.45) is 0.470. The maximum Gasteiger partial charge on any atom is 0.303 e. The van der Waals surface area contributed by atoms with Crippen LogP contribution in [0, 0.1) is 0 Å². The van der Waals surface area contributed by atoms with Crippen LogP contribution in [-0.4, -0.2) is 28.3 Å². The Bertz CT molecular complexity index is 481. The largest absolute Gasteiger partial charge is 0.481 e. The fourth-order valence-corrected chi connectivity index (χ4v) is 2.72. The van der Waals surface area contributed by atoms with Crippen molar-refractivity contribution in [2.24, 2.45) is 0 Å². The van der Waals surface area contributed by atoms with Gasteiger partial charge in [0.2, 0.25) is 5.91 Å². The first kappa shape index (κ1) is 16.9. The molecule has 0 radical (unpaired) electrons. The van der Waals surface area contributed by atoms with E-state index in [1.54, 1.807) is 19.9 Å². The summed E-state index contributed by atoms with van der Waals surface area (Å²) in [6, 6.07) is 7.20. The second kappa shape index (κ2) is 8.17. The van der Waals surface area contributed by atoms with Gasteiger partial charge in [0, 0.05) is 17.4 Å². The summed E-state index contributed by atoms with van der Waals surface area (Å²) in [7, 11) is 0. The number of aliphatic carboxylic acids is 1. The lowest BCUT2D eigenvalue weighted by Crippen LogP contribution is -2.37. The van der Waals surface area contributed by atoms with Crippen LogP contribution in [0.2, 0.25) is 5.02 Å². The van der Waals surface area contributed by atoms with Gasteiger partial charge in [0.1, 0.15) is 0 Å². The molecule has 0 aliphatic rings. The van der Waals surface area contributed by atoms with Crippen molar-refractivity contribution in [1.82, 2.24) is 5.32 Å². The molecule has 0 fully saturated rings. The number of thioether (sulfide) groups is 1. The van der Waals surface area contributed by atoms with E-state index in [0.29, 0.717) is 11.4 Å². The topological polar surface area (TPSA) is 66.4 Å². The van der Waals surface area contributed by atoms with Gasteiger partial charge in [0.15, 0.2) is 0 Å². The van der Waals surface area contributed by atoms with Gasteiger partial charge < -0.3 is 10.4 Å². The fourth-order valence-electron chi connectivity index (χ4n) is 1.56. The molecule has 1 rings (SSSR count). The summed E-state index contributed by atoms with van der Waals surface area (Å²) in [5, 5.41) is 11.7. The highest BCUT2D eigenvalue weighted by Crippen LogP contribution is 2.30. The molecule has 0 heterocycles. The van der Waals surface area contributed by atoms with E-state index in [-0.39, 0.29) is 23.6 Å². The number of amides is 1. The van der Waals surface area contributed by atoms with Crippen LogP contribution in [-0.2, 0) is 9.59 Å². The molecule has 1 aromatic rings. The van der Waals surface area contributed by atoms with Gasteiger partial charge in [-0.25, -0.2) is 0 Å². The number of carboxylic acids is 1. The average molecular weight is 316 g/mol. The summed E-state index contributed by atoms with van der Waals surface area (Å²) < 4.78 is 0. The molecule has 110 valence electrons. The van der Waals surface area contributed by atoms with E-state index in [2.05, 4.69) is 5.32 Å². The number of rotatable bonds is 7. The van der Waals surface area contributed by atoms with Crippen LogP contribution in [0.3, 0.4) is 0 Å². The first-order chi connectivity index (χ1) is 9.40. The molecule has 0 aromatic heterocycles. The van der Waals surface area contributed by atoms with Gasteiger partial charge in [-0.2, -0.15) is 0 Å². The van der Waals surface area contributed by atoms with Crippen molar-refractivity contribution in [3.63, 3.8) is 0 Å². The van der Waals surface area contributed by atoms with E-state index in [9.17, 15) is 9.59 Å². The Balaban J connectivity index is 2.47. The Kier molecular flexibility index (Phi) is 6.88. The molecule has 0 bridgehead atoms. The minimum atomic E-state index is -0.857. The third kappa shape index (κ3) is 5.84. The summed E-state index contributed by atoms with van der Waals surface area (Å²) >= 11 is 7.43. The van der Waals surface area contributed by atoms with Crippen molar-refractivity contribution in [3.05, 3.63) is 29.3 Å². The van der Waals surface area contributed by atoms with Crippen LogP contribution >= 0.6 is 23.4 Å². The Morgan fingerprint density at radius 2 is 2.00 bits per heavy atom. The zero-order valence-electron chi connectivity index (χ0n) is 11.4. The van der Waals surface area contributed by atoms with E-state index in [1.165, 1.54) is 11.8 Å². The number of carbonyl (C=O) groups is 2. The molecule has 0 aliphatic heterocycles. The smallest absolute Gasteiger partial charge is 0.303 e. The maximum atomic E-state index is 12.0. The van der Waals surface area contributed by atoms with Gasteiger partial charge in [-0.05, 0) is 32.4 Å². The lowest BCUT2D eigenvalue weighted by atomic mass is 10.2. The molecular formula is C14H18ClNO3S. The molecule has 0 aliphatic carbocycles. The quantitative estimate of drug-likeness (QED) is 0.758. The van der Waals surface area contributed by atoms with E-state index in [4.69, 9.17) is 16.7 Å². The highest BCUT2D eigenvalue weighted by Gasteiger charge is 2.17. The first-order valence-corrected chi connectivity index (χ1v) is 7.59. The summed E-state index contributed by atoms with van der Waals surface area (Å²) in [4.78, 5) is 23.3. The number of carboxylic acid groups (broad SMARTS) is 1. The number of carbonyl (C=O) groups excluding carboxylic acids is 1. The normalized spacial score (nSPS) is 13.6. The summed E-state index contributed by atoms with van der Waals surface area (Å²) in [6.45, 7) is 3.60. The van der Waals surface area contributed by atoms with Gasteiger partial charge in [-0.3, -0.25) is 9.59 Å². The number of hydrogen-bond acceptors (Lipinski definition) is 3. The van der Waals surface area contributed by atoms with Gasteiger partial charge in [-0.1, -0.05) is 23.7 Å². The summed E-state index contributed by atoms with van der Waals surface area (Å²) in [5.74, 6) is -0.975. The molecule has 1 amide bonds. The minimum Gasteiger partial charge on any atom is -0.481 e. The average Bonchev–Trinajstić information content (AvgIpc) is 2.39. The van der Waals surface area contributed by atoms with Crippen molar-refractivity contribution in [3.8, 4) is 0 Å². The predicted octanol–water partition coefficient (Wildman–Crippen LogP) is 3.19. The van der Waals surface area contributed by atoms with Crippen LogP contribution in [0.25, 0.3) is 0 Å². The van der Waals surface area contributed by atoms with Crippen molar-refractivity contribution < 1.29 is 14.7 Å². The van der Waals surface area contributed by atoms with Crippen LogP contribution < -0.4 is 5.32 Å². The molecule has 0 saturated carbocycles. The van der Waals surface area contributed by atoms with E-state index in [0.717, 1.165) is 4.90 Å². The number of hydrogen-bond donors (Lipinski definition) is 2. The van der Waals surface area contributed by atoms with Gasteiger partial charge >= 0.3 is 5.97 Å². The molecule has 20 heavy (non-hydrogen) atoms. The van der Waals surface area contributed by atoms with Gasteiger partial charge in [-0.15, -0.1) is 11.8 Å². The van der Waals surface area contributed by atoms with E-state index >= 15 is 0 Å². The lowest BCUT2D eigenvalue weighted by Gasteiger charge is -2.17. The van der Waals surface area contributed by atoms with Crippen LogP contribution in [0.15, 0.2) is 29.2 Å². The highest BCUT2D eigenvalue weighted by molar-refractivity contribution is 8.00. The molecule has 2 N–H and O–H groups in total. The Morgan fingerprint density at radius 1 is 1.35 bits per heavy atom. The van der Waals surface area contributed by atoms with Crippen LogP contribution in [0.5, 0.6) is 0 Å². The molecule has 4 nitrogen and oxygen atoms in total. The second-order valence-corrected chi connectivity index (χ2v) is 6.32. The standard InChI is InChI=1S/C14H18ClNO3S/c1-9(7-8-13(17)18)16-14(19)10(2)20-12-6-4-3-5-11(12)15/h3-6,9-10H,7-8H2,1-2H3,(H,16,19)(H,17,18). The minimum absolute atomic E-state index is 0.0491. The van der Waals surface area contributed by atoms with Crippen molar-refractivity contribution in [2.75, 3.05) is 0 Å². The van der Waals surface area contributed by atoms with Crippen molar-refractivity contribution >= 4 is 35.2 Å². The molecule has 6 heteroatoms. The number of benzene rings is 1. The zero-order valence-corrected chi connectivity index (χ0v) is 13.0. The Hall–Kier alpha value is -1.20. The third-order valence-corrected chi connectivity index (χ3v) is 4.31. The third-order valence-electron chi connectivity index (χ3n) is 2.69. The molecule has 2 atom stereocenters. The predicted molar refractivity (Wildman–Crippen MR) is 81.2 cm³/mol. The maximum absolute atomic E-state index is 12.0. The second-order valence-electron chi connectivity index (χ2n) is 4.53. The zero-order chi connectivity index (χ0) is 15.1. The number of halogens is 1. The molecule has 2 unspecified atom stereocenters.